The van der Waals surface area contributed by atoms with Gasteiger partial charge in [0.2, 0.25) is 11.1 Å². The maximum atomic E-state index is 11.5. The summed E-state index contributed by atoms with van der Waals surface area (Å²) in [6.45, 7) is 1.02. The Balaban J connectivity index is 1.77. The minimum atomic E-state index is -0.0620. The number of aromatic nitrogens is 3. The molecule has 2 rings (SSSR count). The van der Waals surface area contributed by atoms with Crippen molar-refractivity contribution < 1.29 is 9.53 Å². The predicted octanol–water partition coefficient (Wildman–Crippen LogP) is -0.276. The van der Waals surface area contributed by atoms with Crippen molar-refractivity contribution >= 4 is 17.7 Å². The largest absolute Gasteiger partial charge is 0.383 e. The van der Waals surface area contributed by atoms with Crippen molar-refractivity contribution in [1.29, 1.82) is 0 Å². The van der Waals surface area contributed by atoms with Gasteiger partial charge in [-0.05, 0) is 12.8 Å². The number of nitrogens with two attached hydrogens (primary N) is 1. The van der Waals surface area contributed by atoms with Crippen LogP contribution in [0.15, 0.2) is 5.16 Å². The van der Waals surface area contributed by atoms with Gasteiger partial charge in [0.1, 0.15) is 0 Å². The zero-order valence-electron chi connectivity index (χ0n) is 10.3. The van der Waals surface area contributed by atoms with E-state index in [9.17, 15) is 4.79 Å². The molecule has 3 N–H and O–H groups in total. The van der Waals surface area contributed by atoms with Crippen LogP contribution in [0.1, 0.15) is 24.6 Å². The smallest absolute Gasteiger partial charge is 0.230 e. The number of carbonyl (C=O) groups is 1. The molecular formula is C10H17N5O2S. The van der Waals surface area contributed by atoms with Gasteiger partial charge in [-0.1, -0.05) is 11.8 Å². The molecule has 1 aromatic rings. The molecule has 1 aliphatic carbocycles. The highest BCUT2D eigenvalue weighted by Crippen LogP contribution is 2.39. The first-order valence-electron chi connectivity index (χ1n) is 5.81. The van der Waals surface area contributed by atoms with E-state index in [0.29, 0.717) is 24.2 Å². The van der Waals surface area contributed by atoms with E-state index in [1.807, 2.05) is 0 Å². The molecule has 0 spiro atoms. The second-order valence-electron chi connectivity index (χ2n) is 4.12. The number of nitrogens with one attached hydrogen (secondary N) is 1. The van der Waals surface area contributed by atoms with Gasteiger partial charge in [-0.15, -0.1) is 10.2 Å². The number of nitrogens with zero attached hydrogens (tertiary/aromatic N) is 3. The minimum absolute atomic E-state index is 0.0620. The fourth-order valence-corrected chi connectivity index (χ4v) is 2.17. The molecule has 0 saturated heterocycles. The zero-order valence-corrected chi connectivity index (χ0v) is 11.1. The lowest BCUT2D eigenvalue weighted by atomic mass is 10.4. The summed E-state index contributed by atoms with van der Waals surface area (Å²) in [5, 5.41) is 11.4. The fraction of sp³-hybridized carbons (Fsp3) is 0.700. The molecule has 0 radical (unpaired) electrons. The van der Waals surface area contributed by atoms with E-state index in [1.165, 1.54) is 16.4 Å². The van der Waals surface area contributed by atoms with Crippen LogP contribution in [0, 0.1) is 0 Å². The van der Waals surface area contributed by atoms with Crippen molar-refractivity contribution in [3.63, 3.8) is 0 Å². The molecule has 1 amide bonds. The number of nitrogen functional groups attached to an aromatic ring is 1. The number of ether oxygens (including phenoxy) is 1. The van der Waals surface area contributed by atoms with Gasteiger partial charge in [0.05, 0.1) is 12.4 Å². The second-order valence-corrected chi connectivity index (χ2v) is 5.06. The number of carbonyl (C=O) groups excluding carboxylic acids is 1. The lowest BCUT2D eigenvalue weighted by Crippen LogP contribution is -2.28. The lowest BCUT2D eigenvalue weighted by molar-refractivity contribution is -0.118. The van der Waals surface area contributed by atoms with Crippen LogP contribution in [-0.4, -0.2) is 46.8 Å². The quantitative estimate of drug-likeness (QED) is 0.402. The fourth-order valence-electron chi connectivity index (χ4n) is 1.48. The van der Waals surface area contributed by atoms with Crippen LogP contribution in [0.3, 0.4) is 0 Å². The Bertz CT molecular complexity index is 418. The van der Waals surface area contributed by atoms with Crippen molar-refractivity contribution in [2.75, 3.05) is 31.9 Å². The van der Waals surface area contributed by atoms with Crippen LogP contribution in [0.2, 0.25) is 0 Å². The Labute approximate surface area is 109 Å². The molecule has 0 bridgehead atoms. The van der Waals surface area contributed by atoms with E-state index in [4.69, 9.17) is 10.6 Å². The molecular weight excluding hydrogens is 254 g/mol. The van der Waals surface area contributed by atoms with Gasteiger partial charge < -0.3 is 15.9 Å². The van der Waals surface area contributed by atoms with Gasteiger partial charge >= 0.3 is 0 Å². The molecule has 0 aromatic carbocycles. The zero-order chi connectivity index (χ0) is 13.0. The first-order valence-corrected chi connectivity index (χ1v) is 6.79. The average Bonchev–Trinajstić information content (AvgIpc) is 3.12. The third kappa shape index (κ3) is 3.36. The third-order valence-corrected chi connectivity index (χ3v) is 3.54. The number of amides is 1. The topological polar surface area (TPSA) is 95.1 Å². The molecule has 1 fully saturated rings. The molecule has 1 aromatic heterocycles. The summed E-state index contributed by atoms with van der Waals surface area (Å²) in [5.41, 5.74) is 0. The van der Waals surface area contributed by atoms with E-state index >= 15 is 0 Å². The summed E-state index contributed by atoms with van der Waals surface area (Å²) in [6.07, 6.45) is 2.25. The first-order chi connectivity index (χ1) is 8.72. The highest BCUT2D eigenvalue weighted by Gasteiger charge is 2.29. The lowest BCUT2D eigenvalue weighted by Gasteiger charge is -2.04. The molecule has 0 unspecified atom stereocenters. The van der Waals surface area contributed by atoms with Crippen molar-refractivity contribution in [2.45, 2.75) is 23.9 Å². The van der Waals surface area contributed by atoms with Crippen LogP contribution in [-0.2, 0) is 9.53 Å². The Kier molecular flexibility index (Phi) is 4.43. The van der Waals surface area contributed by atoms with E-state index in [2.05, 4.69) is 15.5 Å². The molecule has 1 saturated carbocycles. The number of hydrogen-bond acceptors (Lipinski definition) is 6. The maximum Gasteiger partial charge on any atom is 0.230 e. The van der Waals surface area contributed by atoms with Crippen LogP contribution in [0.4, 0.5) is 0 Å². The summed E-state index contributed by atoms with van der Waals surface area (Å²) >= 11 is 1.29. The van der Waals surface area contributed by atoms with Crippen molar-refractivity contribution in [3.05, 3.63) is 5.82 Å². The number of thioether (sulfide) groups is 1. The minimum Gasteiger partial charge on any atom is -0.383 e. The Hall–Kier alpha value is -1.28. The van der Waals surface area contributed by atoms with E-state index < -0.39 is 0 Å². The molecule has 7 nitrogen and oxygen atoms in total. The van der Waals surface area contributed by atoms with Crippen LogP contribution < -0.4 is 11.2 Å². The van der Waals surface area contributed by atoms with Gasteiger partial charge in [0.25, 0.3) is 0 Å². The highest BCUT2D eigenvalue weighted by molar-refractivity contribution is 7.99. The summed E-state index contributed by atoms with van der Waals surface area (Å²) in [6, 6.07) is 0. The summed E-state index contributed by atoms with van der Waals surface area (Å²) in [7, 11) is 1.59. The third-order valence-electron chi connectivity index (χ3n) is 2.59. The predicted molar refractivity (Wildman–Crippen MR) is 67.8 cm³/mol. The van der Waals surface area contributed by atoms with Crippen molar-refractivity contribution in [2.24, 2.45) is 0 Å². The van der Waals surface area contributed by atoms with E-state index in [1.54, 1.807) is 7.11 Å². The SMILES string of the molecule is COCCNC(=O)CSc1nnc(C2CC2)n1N. The van der Waals surface area contributed by atoms with E-state index in [-0.39, 0.29) is 11.7 Å². The summed E-state index contributed by atoms with van der Waals surface area (Å²) in [5.74, 6) is 7.36. The van der Waals surface area contributed by atoms with E-state index in [0.717, 1.165) is 18.7 Å². The van der Waals surface area contributed by atoms with Gasteiger partial charge in [0.15, 0.2) is 5.82 Å². The van der Waals surface area contributed by atoms with Crippen LogP contribution in [0.25, 0.3) is 0 Å². The summed E-state index contributed by atoms with van der Waals surface area (Å²) in [4.78, 5) is 11.5. The number of hydrogen-bond donors (Lipinski definition) is 2. The molecule has 1 heterocycles. The molecule has 8 heteroatoms. The summed E-state index contributed by atoms with van der Waals surface area (Å²) < 4.78 is 6.33. The number of rotatable bonds is 7. The average molecular weight is 271 g/mol. The molecule has 0 aliphatic heterocycles. The van der Waals surface area contributed by atoms with Crippen LogP contribution >= 0.6 is 11.8 Å². The molecule has 18 heavy (non-hydrogen) atoms. The normalized spacial score (nSPS) is 14.7. The highest BCUT2D eigenvalue weighted by atomic mass is 32.2. The van der Waals surface area contributed by atoms with Crippen LogP contribution in [0.5, 0.6) is 0 Å². The Morgan fingerprint density at radius 1 is 1.61 bits per heavy atom. The molecule has 1 aliphatic rings. The Morgan fingerprint density at radius 2 is 2.39 bits per heavy atom. The maximum absolute atomic E-state index is 11.5. The Morgan fingerprint density at radius 3 is 3.06 bits per heavy atom. The molecule has 100 valence electrons. The van der Waals surface area contributed by atoms with Gasteiger partial charge in [-0.2, -0.15) is 0 Å². The number of methoxy groups -OCH3 is 1. The van der Waals surface area contributed by atoms with Crippen molar-refractivity contribution in [3.8, 4) is 0 Å². The monoisotopic (exact) mass is 271 g/mol. The van der Waals surface area contributed by atoms with Crippen molar-refractivity contribution in [1.82, 2.24) is 20.2 Å². The molecule has 0 atom stereocenters. The second kappa shape index (κ2) is 6.05. The van der Waals surface area contributed by atoms with Gasteiger partial charge in [-0.25, -0.2) is 4.68 Å². The van der Waals surface area contributed by atoms with Gasteiger partial charge in [-0.3, -0.25) is 4.79 Å². The van der Waals surface area contributed by atoms with Gasteiger partial charge in [0, 0.05) is 19.6 Å². The standard InChI is InChI=1S/C10H17N5O2S/c1-17-5-4-12-8(16)6-18-10-14-13-9(15(10)11)7-2-3-7/h7H,2-6,11H2,1H3,(H,12,16). The first kappa shape index (κ1) is 13.2.